The molecule has 0 fully saturated rings. The SMILES string of the molecule is CCOc1cc(CN(C)Cc2nc(-c3ccccc3OCC)no2)ccc1OC(F)F. The van der Waals surface area contributed by atoms with Gasteiger partial charge in [0.1, 0.15) is 5.75 Å². The molecule has 0 bridgehead atoms. The smallest absolute Gasteiger partial charge is 0.387 e. The number of hydrogen-bond donors (Lipinski definition) is 0. The number of benzene rings is 2. The number of ether oxygens (including phenoxy) is 3. The van der Waals surface area contributed by atoms with Crippen LogP contribution in [0.3, 0.4) is 0 Å². The summed E-state index contributed by atoms with van der Waals surface area (Å²) >= 11 is 0. The molecule has 1 aromatic heterocycles. The fourth-order valence-corrected chi connectivity index (χ4v) is 3.07. The molecule has 0 saturated carbocycles. The third kappa shape index (κ3) is 6.14. The molecule has 0 unspecified atom stereocenters. The van der Waals surface area contributed by atoms with E-state index in [9.17, 15) is 8.78 Å². The van der Waals surface area contributed by atoms with Crippen molar-refractivity contribution in [3.05, 3.63) is 53.9 Å². The molecule has 0 radical (unpaired) electrons. The molecule has 0 saturated heterocycles. The van der Waals surface area contributed by atoms with Gasteiger partial charge in [-0.05, 0) is 50.7 Å². The van der Waals surface area contributed by atoms with Crippen molar-refractivity contribution < 1.29 is 27.5 Å². The summed E-state index contributed by atoms with van der Waals surface area (Å²) in [6.07, 6.45) is 0. The van der Waals surface area contributed by atoms with Crippen LogP contribution in [0.25, 0.3) is 11.4 Å². The van der Waals surface area contributed by atoms with E-state index in [-0.39, 0.29) is 11.5 Å². The third-order valence-corrected chi connectivity index (χ3v) is 4.28. The second-order valence-electron chi connectivity index (χ2n) is 6.71. The van der Waals surface area contributed by atoms with Gasteiger partial charge < -0.3 is 18.7 Å². The lowest BCUT2D eigenvalue weighted by Gasteiger charge is -2.17. The van der Waals surface area contributed by atoms with Gasteiger partial charge >= 0.3 is 6.61 Å². The van der Waals surface area contributed by atoms with Gasteiger partial charge in [-0.3, -0.25) is 4.90 Å². The zero-order valence-electron chi connectivity index (χ0n) is 17.7. The van der Waals surface area contributed by atoms with Gasteiger partial charge in [0.2, 0.25) is 11.7 Å². The second-order valence-corrected chi connectivity index (χ2v) is 6.71. The summed E-state index contributed by atoms with van der Waals surface area (Å²) < 4.78 is 46.1. The molecule has 2 aromatic carbocycles. The van der Waals surface area contributed by atoms with Gasteiger partial charge in [-0.2, -0.15) is 13.8 Å². The minimum atomic E-state index is -2.91. The highest BCUT2D eigenvalue weighted by molar-refractivity contribution is 5.63. The Kier molecular flexibility index (Phi) is 7.77. The first-order valence-electron chi connectivity index (χ1n) is 9.94. The Balaban J connectivity index is 1.68. The van der Waals surface area contributed by atoms with Gasteiger partial charge in [-0.1, -0.05) is 23.4 Å². The van der Waals surface area contributed by atoms with E-state index < -0.39 is 6.61 Å². The predicted molar refractivity (Wildman–Crippen MR) is 110 cm³/mol. The average molecular weight is 433 g/mol. The van der Waals surface area contributed by atoms with Crippen molar-refractivity contribution in [3.63, 3.8) is 0 Å². The molecule has 0 amide bonds. The number of nitrogens with zero attached hydrogens (tertiary/aromatic N) is 3. The quantitative estimate of drug-likeness (QED) is 0.431. The molecule has 1 heterocycles. The topological polar surface area (TPSA) is 69.9 Å². The maximum atomic E-state index is 12.6. The van der Waals surface area contributed by atoms with Gasteiger partial charge in [0, 0.05) is 6.54 Å². The van der Waals surface area contributed by atoms with Crippen molar-refractivity contribution in [1.29, 1.82) is 0 Å². The van der Waals surface area contributed by atoms with E-state index in [0.717, 1.165) is 11.1 Å². The van der Waals surface area contributed by atoms with Crippen LogP contribution in [-0.2, 0) is 13.1 Å². The van der Waals surface area contributed by atoms with Gasteiger partial charge in [0.05, 0.1) is 25.3 Å². The Bertz CT molecular complexity index is 981. The monoisotopic (exact) mass is 433 g/mol. The first-order chi connectivity index (χ1) is 15.0. The van der Waals surface area contributed by atoms with Crippen molar-refractivity contribution in [1.82, 2.24) is 15.0 Å². The minimum absolute atomic E-state index is 0.0118. The Morgan fingerprint density at radius 1 is 0.968 bits per heavy atom. The van der Waals surface area contributed by atoms with Crippen molar-refractivity contribution >= 4 is 0 Å². The zero-order chi connectivity index (χ0) is 22.2. The molecule has 166 valence electrons. The van der Waals surface area contributed by atoms with Crippen LogP contribution in [-0.4, -0.2) is 41.9 Å². The molecule has 0 spiro atoms. The van der Waals surface area contributed by atoms with Crippen LogP contribution in [0.15, 0.2) is 47.0 Å². The Morgan fingerprint density at radius 3 is 2.45 bits per heavy atom. The standard InChI is InChI=1S/C22H25F2N3O4/c1-4-28-17-9-7-6-8-16(17)21-25-20(31-26-21)14-27(3)13-15-10-11-18(30-22(23)24)19(12-15)29-5-2/h6-12,22H,4-5,13-14H2,1-3H3. The minimum Gasteiger partial charge on any atom is -0.493 e. The zero-order valence-corrected chi connectivity index (χ0v) is 17.7. The number of aromatic nitrogens is 2. The van der Waals surface area contributed by atoms with E-state index in [1.165, 1.54) is 6.07 Å². The Labute approximate surface area is 179 Å². The van der Waals surface area contributed by atoms with Crippen LogP contribution in [0.1, 0.15) is 25.3 Å². The lowest BCUT2D eigenvalue weighted by molar-refractivity contribution is -0.0514. The number of hydrogen-bond acceptors (Lipinski definition) is 7. The largest absolute Gasteiger partial charge is 0.493 e. The fourth-order valence-electron chi connectivity index (χ4n) is 3.07. The van der Waals surface area contributed by atoms with Crippen molar-refractivity contribution in [3.8, 4) is 28.6 Å². The first-order valence-corrected chi connectivity index (χ1v) is 9.94. The lowest BCUT2D eigenvalue weighted by Crippen LogP contribution is -2.17. The fraction of sp³-hybridized carbons (Fsp3) is 0.364. The van der Waals surface area contributed by atoms with Crippen LogP contribution in [0.4, 0.5) is 8.78 Å². The molecule has 9 heteroatoms. The average Bonchev–Trinajstić information content (AvgIpc) is 3.18. The van der Waals surface area contributed by atoms with E-state index in [1.54, 1.807) is 19.1 Å². The van der Waals surface area contributed by atoms with Crippen molar-refractivity contribution in [2.24, 2.45) is 0 Å². The molecule has 31 heavy (non-hydrogen) atoms. The van der Waals surface area contributed by atoms with Crippen molar-refractivity contribution in [2.45, 2.75) is 33.5 Å². The summed E-state index contributed by atoms with van der Waals surface area (Å²) in [5, 5.41) is 4.07. The van der Waals surface area contributed by atoms with E-state index in [0.29, 0.717) is 43.8 Å². The van der Waals surface area contributed by atoms with E-state index in [4.69, 9.17) is 14.0 Å². The maximum Gasteiger partial charge on any atom is 0.387 e. The summed E-state index contributed by atoms with van der Waals surface area (Å²) in [5.74, 6) is 1.89. The summed E-state index contributed by atoms with van der Waals surface area (Å²) in [5.41, 5.74) is 1.63. The van der Waals surface area contributed by atoms with Gasteiger partial charge in [-0.15, -0.1) is 0 Å². The lowest BCUT2D eigenvalue weighted by atomic mass is 10.2. The molecule has 3 aromatic rings. The highest BCUT2D eigenvalue weighted by Crippen LogP contribution is 2.31. The molecule has 0 N–H and O–H groups in total. The highest BCUT2D eigenvalue weighted by atomic mass is 19.3. The normalized spacial score (nSPS) is 11.2. The maximum absolute atomic E-state index is 12.6. The Morgan fingerprint density at radius 2 is 1.71 bits per heavy atom. The summed E-state index contributed by atoms with van der Waals surface area (Å²) in [7, 11) is 1.89. The highest BCUT2D eigenvalue weighted by Gasteiger charge is 2.16. The molecule has 7 nitrogen and oxygen atoms in total. The van der Waals surface area contributed by atoms with Crippen LogP contribution >= 0.6 is 0 Å². The van der Waals surface area contributed by atoms with Crippen LogP contribution in [0, 0.1) is 0 Å². The predicted octanol–water partition coefficient (Wildman–Crippen LogP) is 4.77. The van der Waals surface area contributed by atoms with Crippen molar-refractivity contribution in [2.75, 3.05) is 20.3 Å². The number of halogens is 2. The number of para-hydroxylation sites is 1. The molecular formula is C22H25F2N3O4. The molecule has 3 rings (SSSR count). The first kappa shape index (κ1) is 22.5. The van der Waals surface area contributed by atoms with E-state index in [2.05, 4.69) is 14.9 Å². The molecule has 0 aliphatic heterocycles. The molecule has 0 aliphatic rings. The summed E-state index contributed by atoms with van der Waals surface area (Å²) in [4.78, 5) is 6.43. The molecule has 0 atom stereocenters. The molecular weight excluding hydrogens is 408 g/mol. The van der Waals surface area contributed by atoms with E-state index in [1.807, 2.05) is 43.1 Å². The summed E-state index contributed by atoms with van der Waals surface area (Å²) in [6, 6.07) is 12.4. The van der Waals surface area contributed by atoms with Crippen LogP contribution in [0.5, 0.6) is 17.2 Å². The second kappa shape index (κ2) is 10.7. The molecule has 0 aliphatic carbocycles. The summed E-state index contributed by atoms with van der Waals surface area (Å²) in [6.45, 7) is 2.58. The number of rotatable bonds is 11. The van der Waals surface area contributed by atoms with Crippen LogP contribution in [0.2, 0.25) is 0 Å². The Hall–Kier alpha value is -3.20. The van der Waals surface area contributed by atoms with Gasteiger partial charge in [0.25, 0.3) is 0 Å². The van der Waals surface area contributed by atoms with Gasteiger partial charge in [0.15, 0.2) is 11.5 Å². The van der Waals surface area contributed by atoms with E-state index >= 15 is 0 Å². The third-order valence-electron chi connectivity index (χ3n) is 4.28. The van der Waals surface area contributed by atoms with Crippen LogP contribution < -0.4 is 14.2 Å². The number of alkyl halides is 2. The van der Waals surface area contributed by atoms with Gasteiger partial charge in [-0.25, -0.2) is 0 Å².